The number of halogens is 1. The van der Waals surface area contributed by atoms with Crippen LogP contribution >= 0.6 is 0 Å². The number of rotatable bonds is 6. The van der Waals surface area contributed by atoms with Crippen LogP contribution < -0.4 is 5.32 Å². The molecule has 0 saturated heterocycles. The lowest BCUT2D eigenvalue weighted by atomic mass is 9.84. The first-order chi connectivity index (χ1) is 13.7. The van der Waals surface area contributed by atoms with E-state index in [9.17, 15) is 14.0 Å². The van der Waals surface area contributed by atoms with Crippen LogP contribution in [0, 0.1) is 11.7 Å². The lowest BCUT2D eigenvalue weighted by molar-refractivity contribution is -0.140. The Balaban J connectivity index is 1.81. The summed E-state index contributed by atoms with van der Waals surface area (Å²) in [7, 11) is 0. The van der Waals surface area contributed by atoms with Gasteiger partial charge in [-0.05, 0) is 44.0 Å². The summed E-state index contributed by atoms with van der Waals surface area (Å²) in [6, 6.07) is 7.77. The highest BCUT2D eigenvalue weighted by Crippen LogP contribution is 2.29. The lowest BCUT2D eigenvalue weighted by Gasteiger charge is -2.30. The number of benzene rings is 1. The summed E-state index contributed by atoms with van der Waals surface area (Å²) >= 11 is 0. The van der Waals surface area contributed by atoms with Crippen LogP contribution in [0.15, 0.2) is 30.3 Å². The van der Waals surface area contributed by atoms with Gasteiger partial charge in [0.25, 0.3) is 0 Å². The van der Waals surface area contributed by atoms with Crippen LogP contribution in [0.3, 0.4) is 0 Å². The maximum Gasteiger partial charge on any atom is 0.245 e. The molecular weight excluding hydrogens is 371 g/mol. The summed E-state index contributed by atoms with van der Waals surface area (Å²) < 4.78 is 14.9. The Morgan fingerprint density at radius 2 is 1.90 bits per heavy atom. The van der Waals surface area contributed by atoms with Gasteiger partial charge in [0.15, 0.2) is 0 Å². The van der Waals surface area contributed by atoms with E-state index in [2.05, 4.69) is 10.4 Å². The minimum atomic E-state index is -0.337. The number of aromatic nitrogens is 2. The molecule has 1 N–H and O–H groups in total. The largest absolute Gasteiger partial charge is 0.333 e. The van der Waals surface area contributed by atoms with Gasteiger partial charge in [-0.1, -0.05) is 27.2 Å². The molecule has 156 valence electrons. The molecule has 1 saturated carbocycles. The van der Waals surface area contributed by atoms with Crippen molar-refractivity contribution in [3.05, 3.63) is 41.8 Å². The fourth-order valence-electron chi connectivity index (χ4n) is 3.23. The Morgan fingerprint density at radius 3 is 2.41 bits per heavy atom. The molecule has 3 rings (SSSR count). The molecule has 0 bridgehead atoms. The molecule has 1 aromatic carbocycles. The summed E-state index contributed by atoms with van der Waals surface area (Å²) in [6.07, 6.45) is 2.89. The van der Waals surface area contributed by atoms with Crippen LogP contribution in [-0.4, -0.2) is 39.6 Å². The van der Waals surface area contributed by atoms with Gasteiger partial charge in [0.05, 0.1) is 17.9 Å². The molecule has 0 radical (unpaired) electrons. The number of nitrogens with zero attached hydrogens (tertiary/aromatic N) is 3. The predicted octanol–water partition coefficient (Wildman–Crippen LogP) is 3.90. The summed E-state index contributed by atoms with van der Waals surface area (Å²) in [6.45, 7) is 8.48. The van der Waals surface area contributed by atoms with Crippen molar-refractivity contribution in [1.29, 1.82) is 0 Å². The van der Waals surface area contributed by atoms with Crippen molar-refractivity contribution in [2.75, 3.05) is 18.4 Å². The van der Waals surface area contributed by atoms with Gasteiger partial charge in [-0.2, -0.15) is 5.10 Å². The van der Waals surface area contributed by atoms with Crippen molar-refractivity contribution in [1.82, 2.24) is 14.7 Å². The van der Waals surface area contributed by atoms with Crippen molar-refractivity contribution < 1.29 is 14.0 Å². The highest BCUT2D eigenvalue weighted by molar-refractivity contribution is 5.94. The molecule has 6 nitrogen and oxygen atoms in total. The second kappa shape index (κ2) is 8.35. The molecule has 0 spiro atoms. The third-order valence-corrected chi connectivity index (χ3v) is 5.30. The molecule has 1 heterocycles. The third-order valence-electron chi connectivity index (χ3n) is 5.30. The van der Waals surface area contributed by atoms with Crippen LogP contribution in [0.5, 0.6) is 0 Å². The van der Waals surface area contributed by atoms with Crippen LogP contribution in [-0.2, 0) is 15.0 Å². The second-order valence-corrected chi connectivity index (χ2v) is 8.58. The van der Waals surface area contributed by atoms with E-state index < -0.39 is 0 Å². The standard InChI is InChI=1S/C22H29FN4O2/c1-5-26(21(29)15-7-6-8-15)14-20(28)24-19-13-18(22(2,3)4)25-27(19)17-11-9-16(23)10-12-17/h9-13,15H,5-8,14H2,1-4H3,(H,24,28). The molecule has 1 aliphatic carbocycles. The molecule has 1 aromatic heterocycles. The summed E-state index contributed by atoms with van der Waals surface area (Å²) in [4.78, 5) is 26.8. The van der Waals surface area contributed by atoms with Crippen molar-refractivity contribution >= 4 is 17.6 Å². The van der Waals surface area contributed by atoms with Gasteiger partial charge in [-0.25, -0.2) is 9.07 Å². The van der Waals surface area contributed by atoms with Crippen LogP contribution in [0.25, 0.3) is 5.69 Å². The third kappa shape index (κ3) is 4.83. The normalized spacial score (nSPS) is 14.4. The predicted molar refractivity (Wildman–Crippen MR) is 110 cm³/mol. The van der Waals surface area contributed by atoms with Crippen molar-refractivity contribution in [3.8, 4) is 5.69 Å². The Morgan fingerprint density at radius 1 is 1.24 bits per heavy atom. The van der Waals surface area contributed by atoms with Crippen LogP contribution in [0.2, 0.25) is 0 Å². The van der Waals surface area contributed by atoms with E-state index >= 15 is 0 Å². The number of carbonyl (C=O) groups excluding carboxylic acids is 2. The zero-order valence-corrected chi connectivity index (χ0v) is 17.5. The average Bonchev–Trinajstić information content (AvgIpc) is 3.02. The maximum atomic E-state index is 13.3. The van der Waals surface area contributed by atoms with Gasteiger partial charge < -0.3 is 10.2 Å². The molecule has 2 aromatic rings. The smallest absolute Gasteiger partial charge is 0.245 e. The van der Waals surface area contributed by atoms with Gasteiger partial charge in [0.1, 0.15) is 11.6 Å². The Kier molecular flexibility index (Phi) is 6.05. The van der Waals surface area contributed by atoms with Crippen LogP contribution in [0.1, 0.15) is 52.7 Å². The van der Waals surface area contributed by atoms with Gasteiger partial charge in [-0.3, -0.25) is 9.59 Å². The summed E-state index contributed by atoms with van der Waals surface area (Å²) in [5.41, 5.74) is 1.23. The second-order valence-electron chi connectivity index (χ2n) is 8.58. The number of anilines is 1. The van der Waals surface area contributed by atoms with Crippen LogP contribution in [0.4, 0.5) is 10.2 Å². The monoisotopic (exact) mass is 400 g/mol. The van der Waals surface area contributed by atoms with Gasteiger partial charge in [0.2, 0.25) is 11.8 Å². The molecule has 7 heteroatoms. The van der Waals surface area contributed by atoms with E-state index in [1.54, 1.807) is 21.7 Å². The Hall–Kier alpha value is -2.70. The molecule has 29 heavy (non-hydrogen) atoms. The fourth-order valence-corrected chi connectivity index (χ4v) is 3.23. The molecular formula is C22H29FN4O2. The van der Waals surface area contributed by atoms with E-state index in [0.717, 1.165) is 25.0 Å². The van der Waals surface area contributed by atoms with Gasteiger partial charge >= 0.3 is 0 Å². The molecule has 1 fully saturated rings. The van der Waals surface area contributed by atoms with Crippen molar-refractivity contribution in [2.45, 2.75) is 52.4 Å². The number of hydrogen-bond acceptors (Lipinski definition) is 3. The van der Waals surface area contributed by atoms with Crippen molar-refractivity contribution in [2.24, 2.45) is 5.92 Å². The minimum absolute atomic E-state index is 0.00524. The van der Waals surface area contributed by atoms with E-state index in [1.807, 2.05) is 33.8 Å². The highest BCUT2D eigenvalue weighted by Gasteiger charge is 2.30. The van der Waals surface area contributed by atoms with Crippen molar-refractivity contribution in [3.63, 3.8) is 0 Å². The molecule has 1 aliphatic rings. The molecule has 0 aliphatic heterocycles. The Bertz CT molecular complexity index is 879. The molecule has 2 amide bonds. The molecule has 0 atom stereocenters. The number of nitrogens with one attached hydrogen (secondary N) is 1. The highest BCUT2D eigenvalue weighted by atomic mass is 19.1. The summed E-state index contributed by atoms with van der Waals surface area (Å²) in [5.74, 6) is -0.00568. The van der Waals surface area contributed by atoms with E-state index in [1.165, 1.54) is 12.1 Å². The molecule has 0 unspecified atom stereocenters. The number of carbonyl (C=O) groups is 2. The topological polar surface area (TPSA) is 67.2 Å². The Labute approximate surface area is 171 Å². The first kappa shape index (κ1) is 21.0. The number of amides is 2. The summed E-state index contributed by atoms with van der Waals surface area (Å²) in [5, 5.41) is 7.50. The number of hydrogen-bond donors (Lipinski definition) is 1. The number of likely N-dealkylation sites (N-methyl/N-ethyl adjacent to an activating group) is 1. The fraction of sp³-hybridized carbons (Fsp3) is 0.500. The first-order valence-corrected chi connectivity index (χ1v) is 10.1. The zero-order valence-electron chi connectivity index (χ0n) is 17.5. The first-order valence-electron chi connectivity index (χ1n) is 10.1. The quantitative estimate of drug-likeness (QED) is 0.800. The maximum absolute atomic E-state index is 13.3. The minimum Gasteiger partial charge on any atom is -0.333 e. The average molecular weight is 400 g/mol. The zero-order chi connectivity index (χ0) is 21.2. The van der Waals surface area contributed by atoms with Gasteiger partial charge in [-0.15, -0.1) is 0 Å². The van der Waals surface area contributed by atoms with E-state index in [0.29, 0.717) is 18.1 Å². The van der Waals surface area contributed by atoms with E-state index in [-0.39, 0.29) is 35.5 Å². The SMILES string of the molecule is CCN(CC(=O)Nc1cc(C(C)(C)C)nn1-c1ccc(F)cc1)C(=O)C1CCC1. The lowest BCUT2D eigenvalue weighted by Crippen LogP contribution is -2.43. The van der Waals surface area contributed by atoms with E-state index in [4.69, 9.17) is 0 Å². The van der Waals surface area contributed by atoms with Gasteiger partial charge in [0, 0.05) is 23.9 Å².